The van der Waals surface area contributed by atoms with Gasteiger partial charge in [-0.3, -0.25) is 19.9 Å². The number of nitrogens with one attached hydrogen (secondary N) is 2. The zero-order valence-electron chi connectivity index (χ0n) is 7.69. The third kappa shape index (κ3) is 1.92. The van der Waals surface area contributed by atoms with Crippen LogP contribution in [0, 0.1) is 0 Å². The fourth-order valence-corrected chi connectivity index (χ4v) is 1.93. The van der Waals surface area contributed by atoms with Gasteiger partial charge in [0.15, 0.2) is 0 Å². The number of carbonyl (C=O) groups excluding carboxylic acids is 1. The van der Waals surface area contributed by atoms with Crippen LogP contribution in [0.2, 0.25) is 0 Å². The van der Waals surface area contributed by atoms with Crippen molar-refractivity contribution in [3.63, 3.8) is 0 Å². The molecular weight excluding hydrogens is 202 g/mol. The molecular formula is C8H11N3O2S. The third-order valence-electron chi connectivity index (χ3n) is 2.07. The molecule has 0 aromatic carbocycles. The van der Waals surface area contributed by atoms with Crippen LogP contribution in [0.3, 0.4) is 0 Å². The van der Waals surface area contributed by atoms with E-state index in [4.69, 9.17) is 4.84 Å². The lowest BCUT2D eigenvalue weighted by Gasteiger charge is -2.14. The van der Waals surface area contributed by atoms with Crippen molar-refractivity contribution >= 4 is 17.2 Å². The Balaban J connectivity index is 1.94. The highest BCUT2D eigenvalue weighted by molar-refractivity contribution is 7.09. The van der Waals surface area contributed by atoms with Crippen molar-refractivity contribution in [2.45, 2.75) is 19.0 Å². The highest BCUT2D eigenvalue weighted by atomic mass is 32.1. The molecule has 0 radical (unpaired) electrons. The van der Waals surface area contributed by atoms with E-state index in [9.17, 15) is 4.79 Å². The predicted molar refractivity (Wildman–Crippen MR) is 51.5 cm³/mol. The van der Waals surface area contributed by atoms with E-state index < -0.39 is 0 Å². The molecule has 1 aromatic heterocycles. The summed E-state index contributed by atoms with van der Waals surface area (Å²) < 4.78 is 0. The number of rotatable bonds is 3. The molecule has 0 spiro atoms. The van der Waals surface area contributed by atoms with Gasteiger partial charge in [0.25, 0.3) is 5.91 Å². The SMILES string of the molecule is CC(NC1CONC1=O)c1cncs1. The van der Waals surface area contributed by atoms with Crippen molar-refractivity contribution in [2.75, 3.05) is 6.61 Å². The Labute approximate surface area is 85.4 Å². The Morgan fingerprint density at radius 3 is 3.29 bits per heavy atom. The molecule has 1 amide bonds. The summed E-state index contributed by atoms with van der Waals surface area (Å²) in [5.41, 5.74) is 4.08. The molecule has 2 atom stereocenters. The second kappa shape index (κ2) is 4.04. The van der Waals surface area contributed by atoms with Crippen molar-refractivity contribution in [1.29, 1.82) is 0 Å². The fraction of sp³-hybridized carbons (Fsp3) is 0.500. The van der Waals surface area contributed by atoms with Crippen LogP contribution in [0.5, 0.6) is 0 Å². The quantitative estimate of drug-likeness (QED) is 0.754. The van der Waals surface area contributed by atoms with Crippen molar-refractivity contribution in [3.8, 4) is 0 Å². The summed E-state index contributed by atoms with van der Waals surface area (Å²) >= 11 is 1.57. The van der Waals surface area contributed by atoms with E-state index in [-0.39, 0.29) is 18.0 Å². The van der Waals surface area contributed by atoms with Gasteiger partial charge in [0.05, 0.1) is 12.1 Å². The molecule has 0 aliphatic carbocycles. The molecule has 14 heavy (non-hydrogen) atoms. The number of hydrogen-bond donors (Lipinski definition) is 2. The summed E-state index contributed by atoms with van der Waals surface area (Å²) in [4.78, 5) is 21.1. The minimum Gasteiger partial charge on any atom is -0.296 e. The smallest absolute Gasteiger partial charge is 0.263 e. The van der Waals surface area contributed by atoms with Gasteiger partial charge < -0.3 is 0 Å². The zero-order valence-corrected chi connectivity index (χ0v) is 8.50. The second-order valence-electron chi connectivity index (χ2n) is 3.12. The van der Waals surface area contributed by atoms with E-state index in [1.165, 1.54) is 0 Å². The van der Waals surface area contributed by atoms with Crippen molar-refractivity contribution < 1.29 is 9.63 Å². The minimum absolute atomic E-state index is 0.110. The summed E-state index contributed by atoms with van der Waals surface area (Å²) in [6.07, 6.45) is 1.80. The average Bonchev–Trinajstić information content (AvgIpc) is 2.77. The molecule has 1 saturated heterocycles. The van der Waals surface area contributed by atoms with E-state index in [1.807, 2.05) is 6.92 Å². The van der Waals surface area contributed by atoms with Crippen LogP contribution < -0.4 is 10.8 Å². The first-order valence-electron chi connectivity index (χ1n) is 4.33. The van der Waals surface area contributed by atoms with Gasteiger partial charge in [-0.1, -0.05) is 0 Å². The maximum atomic E-state index is 11.2. The Hall–Kier alpha value is -0.980. The van der Waals surface area contributed by atoms with Gasteiger partial charge in [0.1, 0.15) is 6.04 Å². The highest BCUT2D eigenvalue weighted by Crippen LogP contribution is 2.17. The van der Waals surface area contributed by atoms with Gasteiger partial charge >= 0.3 is 0 Å². The summed E-state index contributed by atoms with van der Waals surface area (Å²) in [6.45, 7) is 2.38. The van der Waals surface area contributed by atoms with Crippen LogP contribution in [0.4, 0.5) is 0 Å². The van der Waals surface area contributed by atoms with E-state index >= 15 is 0 Å². The van der Waals surface area contributed by atoms with Crippen LogP contribution in [0.25, 0.3) is 0 Å². The Morgan fingerprint density at radius 2 is 2.71 bits per heavy atom. The fourth-order valence-electron chi connectivity index (χ4n) is 1.29. The lowest BCUT2D eigenvalue weighted by Crippen LogP contribution is -2.39. The van der Waals surface area contributed by atoms with Gasteiger partial charge in [-0.25, -0.2) is 5.48 Å². The van der Waals surface area contributed by atoms with Gasteiger partial charge in [0, 0.05) is 17.1 Å². The van der Waals surface area contributed by atoms with Crippen molar-refractivity contribution in [3.05, 3.63) is 16.6 Å². The topological polar surface area (TPSA) is 63.2 Å². The lowest BCUT2D eigenvalue weighted by molar-refractivity contribution is -0.125. The third-order valence-corrected chi connectivity index (χ3v) is 3.03. The number of aromatic nitrogens is 1. The molecule has 1 fully saturated rings. The largest absolute Gasteiger partial charge is 0.296 e. The van der Waals surface area contributed by atoms with Crippen LogP contribution in [-0.2, 0) is 9.63 Å². The highest BCUT2D eigenvalue weighted by Gasteiger charge is 2.27. The first-order valence-corrected chi connectivity index (χ1v) is 5.21. The molecule has 2 N–H and O–H groups in total. The summed E-state index contributed by atoms with van der Waals surface area (Å²) in [5, 5.41) is 3.16. The van der Waals surface area contributed by atoms with E-state index in [2.05, 4.69) is 15.8 Å². The maximum Gasteiger partial charge on any atom is 0.263 e. The van der Waals surface area contributed by atoms with E-state index in [0.29, 0.717) is 6.61 Å². The van der Waals surface area contributed by atoms with Crippen LogP contribution in [0.1, 0.15) is 17.8 Å². The number of amides is 1. The molecule has 1 aliphatic heterocycles. The van der Waals surface area contributed by atoms with Gasteiger partial charge in [-0.2, -0.15) is 0 Å². The Morgan fingerprint density at radius 1 is 1.86 bits per heavy atom. The summed E-state index contributed by atoms with van der Waals surface area (Å²) in [7, 11) is 0. The molecule has 1 aliphatic rings. The molecule has 2 heterocycles. The van der Waals surface area contributed by atoms with Gasteiger partial charge in [-0.15, -0.1) is 11.3 Å². The standard InChI is InChI=1S/C8H11N3O2S/c1-5(7-2-9-4-14-7)10-6-3-13-11-8(6)12/h2,4-6,10H,3H2,1H3,(H,11,12). The molecule has 6 heteroatoms. The average molecular weight is 213 g/mol. The van der Waals surface area contributed by atoms with Crippen LogP contribution in [0.15, 0.2) is 11.7 Å². The summed E-state index contributed by atoms with van der Waals surface area (Å²) in [6, 6.07) is -0.132. The Kier molecular flexibility index (Phi) is 2.76. The second-order valence-corrected chi connectivity index (χ2v) is 4.04. The molecule has 5 nitrogen and oxygen atoms in total. The normalized spacial score (nSPS) is 23.5. The van der Waals surface area contributed by atoms with E-state index in [0.717, 1.165) is 4.88 Å². The Bertz CT molecular complexity index is 314. The molecule has 2 rings (SSSR count). The van der Waals surface area contributed by atoms with Crippen molar-refractivity contribution in [2.24, 2.45) is 0 Å². The lowest BCUT2D eigenvalue weighted by atomic mass is 10.2. The predicted octanol–water partition coefficient (Wildman–Crippen LogP) is 0.224. The number of nitrogens with zero attached hydrogens (tertiary/aromatic N) is 1. The van der Waals surface area contributed by atoms with Crippen LogP contribution >= 0.6 is 11.3 Å². The molecule has 0 saturated carbocycles. The number of thiazole rings is 1. The minimum atomic E-state index is -0.257. The maximum absolute atomic E-state index is 11.2. The summed E-state index contributed by atoms with van der Waals surface area (Å²) in [5.74, 6) is -0.110. The van der Waals surface area contributed by atoms with Crippen molar-refractivity contribution in [1.82, 2.24) is 15.8 Å². The molecule has 2 unspecified atom stereocenters. The number of carbonyl (C=O) groups is 1. The number of hydrogen-bond acceptors (Lipinski definition) is 5. The zero-order chi connectivity index (χ0) is 9.97. The first-order chi connectivity index (χ1) is 6.77. The van der Waals surface area contributed by atoms with Gasteiger partial charge in [-0.05, 0) is 6.92 Å². The number of hydroxylamine groups is 1. The monoisotopic (exact) mass is 213 g/mol. The van der Waals surface area contributed by atoms with Crippen LogP contribution in [-0.4, -0.2) is 23.5 Å². The van der Waals surface area contributed by atoms with Gasteiger partial charge in [0.2, 0.25) is 0 Å². The molecule has 1 aromatic rings. The molecule has 76 valence electrons. The molecule has 0 bridgehead atoms. The first kappa shape index (κ1) is 9.57. The van der Waals surface area contributed by atoms with E-state index in [1.54, 1.807) is 23.0 Å².